The highest BCUT2D eigenvalue weighted by Crippen LogP contribution is 2.11. The SMILES string of the molecule is CCCC(OCC)C(CCS(C)(=O)=O)NC. The molecule has 0 heterocycles. The van der Waals surface area contributed by atoms with Crippen LogP contribution in [0.1, 0.15) is 33.1 Å². The van der Waals surface area contributed by atoms with Crippen LogP contribution in [0.3, 0.4) is 0 Å². The Kier molecular flexibility index (Phi) is 7.97. The number of likely N-dealkylation sites (N-methyl/N-ethyl adjacent to an activating group) is 1. The Bertz CT molecular complexity index is 258. The van der Waals surface area contributed by atoms with Crippen LogP contribution >= 0.6 is 0 Å². The minimum Gasteiger partial charge on any atom is -0.377 e. The number of hydrogen-bond acceptors (Lipinski definition) is 4. The standard InChI is InChI=1S/C11H25NO3S/c1-5-7-11(15-6-2)10(12-3)8-9-16(4,13)14/h10-12H,5-9H2,1-4H3. The van der Waals surface area contributed by atoms with Crippen LogP contribution in [-0.2, 0) is 14.6 Å². The molecule has 0 aromatic heterocycles. The highest BCUT2D eigenvalue weighted by Gasteiger charge is 2.20. The van der Waals surface area contributed by atoms with Gasteiger partial charge in [0.15, 0.2) is 0 Å². The number of rotatable bonds is 9. The third kappa shape index (κ3) is 7.19. The molecule has 0 saturated heterocycles. The lowest BCUT2D eigenvalue weighted by Crippen LogP contribution is -2.40. The second kappa shape index (κ2) is 8.03. The zero-order valence-electron chi connectivity index (χ0n) is 10.8. The molecule has 0 spiro atoms. The van der Waals surface area contributed by atoms with Crippen molar-refractivity contribution < 1.29 is 13.2 Å². The summed E-state index contributed by atoms with van der Waals surface area (Å²) in [4.78, 5) is 0. The summed E-state index contributed by atoms with van der Waals surface area (Å²) in [5.74, 6) is 0.214. The molecule has 0 aliphatic heterocycles. The van der Waals surface area contributed by atoms with Crippen LogP contribution in [0.15, 0.2) is 0 Å². The third-order valence-corrected chi connectivity index (χ3v) is 3.55. The first-order chi connectivity index (χ1) is 7.44. The molecule has 5 heteroatoms. The highest BCUT2D eigenvalue weighted by atomic mass is 32.2. The van der Waals surface area contributed by atoms with E-state index in [1.54, 1.807) is 0 Å². The Morgan fingerprint density at radius 1 is 1.25 bits per heavy atom. The van der Waals surface area contributed by atoms with Gasteiger partial charge in [-0.2, -0.15) is 0 Å². The molecule has 0 amide bonds. The predicted molar refractivity (Wildman–Crippen MR) is 67.5 cm³/mol. The van der Waals surface area contributed by atoms with Crippen LogP contribution in [0.5, 0.6) is 0 Å². The summed E-state index contributed by atoms with van der Waals surface area (Å²) < 4.78 is 27.9. The largest absolute Gasteiger partial charge is 0.377 e. The van der Waals surface area contributed by atoms with Crippen LogP contribution < -0.4 is 5.32 Å². The first kappa shape index (κ1) is 15.9. The van der Waals surface area contributed by atoms with Crippen molar-refractivity contribution in [3.8, 4) is 0 Å². The van der Waals surface area contributed by atoms with Crippen molar-refractivity contribution >= 4 is 9.84 Å². The van der Waals surface area contributed by atoms with Crippen LogP contribution in [0.25, 0.3) is 0 Å². The van der Waals surface area contributed by atoms with E-state index < -0.39 is 9.84 Å². The van der Waals surface area contributed by atoms with Gasteiger partial charge in [-0.05, 0) is 26.8 Å². The molecule has 0 fully saturated rings. The van der Waals surface area contributed by atoms with Crippen LogP contribution in [0.2, 0.25) is 0 Å². The summed E-state index contributed by atoms with van der Waals surface area (Å²) in [6.45, 7) is 4.74. The fourth-order valence-electron chi connectivity index (χ4n) is 1.76. The molecule has 0 aromatic rings. The molecule has 0 radical (unpaired) electrons. The summed E-state index contributed by atoms with van der Waals surface area (Å²) >= 11 is 0. The van der Waals surface area contributed by atoms with Gasteiger partial charge >= 0.3 is 0 Å². The van der Waals surface area contributed by atoms with Crippen molar-refractivity contribution in [3.63, 3.8) is 0 Å². The summed E-state index contributed by atoms with van der Waals surface area (Å²) in [6, 6.07) is 0.120. The summed E-state index contributed by atoms with van der Waals surface area (Å²) in [6.07, 6.45) is 4.00. The maximum atomic E-state index is 11.1. The molecule has 0 saturated carbocycles. The minimum absolute atomic E-state index is 0.113. The minimum atomic E-state index is -2.89. The predicted octanol–water partition coefficient (Wildman–Crippen LogP) is 1.21. The van der Waals surface area contributed by atoms with Gasteiger partial charge in [-0.3, -0.25) is 0 Å². The van der Waals surface area contributed by atoms with Crippen molar-refractivity contribution in [3.05, 3.63) is 0 Å². The van der Waals surface area contributed by atoms with E-state index in [0.29, 0.717) is 13.0 Å². The van der Waals surface area contributed by atoms with Crippen LogP contribution in [-0.4, -0.2) is 46.2 Å². The number of ether oxygens (including phenoxy) is 1. The molecular formula is C11H25NO3S. The molecule has 0 rings (SSSR count). The molecule has 0 aliphatic carbocycles. The van der Waals surface area contributed by atoms with Crippen molar-refractivity contribution in [1.29, 1.82) is 0 Å². The van der Waals surface area contributed by atoms with Gasteiger partial charge in [0.2, 0.25) is 0 Å². The van der Waals surface area contributed by atoms with Gasteiger partial charge in [0.25, 0.3) is 0 Å². The molecule has 16 heavy (non-hydrogen) atoms. The van der Waals surface area contributed by atoms with E-state index in [1.165, 1.54) is 6.26 Å². The molecule has 0 aromatic carbocycles. The summed E-state index contributed by atoms with van der Waals surface area (Å²) in [5.41, 5.74) is 0. The van der Waals surface area contributed by atoms with E-state index >= 15 is 0 Å². The third-order valence-electron chi connectivity index (χ3n) is 2.57. The number of hydrogen-bond donors (Lipinski definition) is 1. The van der Waals surface area contributed by atoms with Crippen molar-refractivity contribution in [2.24, 2.45) is 0 Å². The van der Waals surface area contributed by atoms with E-state index in [2.05, 4.69) is 12.2 Å². The van der Waals surface area contributed by atoms with Crippen molar-refractivity contribution in [2.75, 3.05) is 25.7 Å². The Morgan fingerprint density at radius 3 is 2.25 bits per heavy atom. The van der Waals surface area contributed by atoms with Gasteiger partial charge in [-0.25, -0.2) is 8.42 Å². The van der Waals surface area contributed by atoms with Crippen molar-refractivity contribution in [2.45, 2.75) is 45.3 Å². The van der Waals surface area contributed by atoms with Gasteiger partial charge in [-0.15, -0.1) is 0 Å². The quantitative estimate of drug-likeness (QED) is 0.669. The first-order valence-electron chi connectivity index (χ1n) is 5.91. The molecule has 2 unspecified atom stereocenters. The summed E-state index contributed by atoms with van der Waals surface area (Å²) in [7, 11) is -1.03. The second-order valence-corrected chi connectivity index (χ2v) is 6.36. The van der Waals surface area contributed by atoms with Crippen molar-refractivity contribution in [1.82, 2.24) is 5.32 Å². The molecule has 2 atom stereocenters. The smallest absolute Gasteiger partial charge is 0.147 e. The Balaban J connectivity index is 4.30. The van der Waals surface area contributed by atoms with E-state index in [0.717, 1.165) is 12.8 Å². The van der Waals surface area contributed by atoms with E-state index in [1.807, 2.05) is 14.0 Å². The maximum absolute atomic E-state index is 11.1. The fraction of sp³-hybridized carbons (Fsp3) is 1.00. The molecule has 0 bridgehead atoms. The Labute approximate surface area is 99.7 Å². The van der Waals surface area contributed by atoms with Gasteiger partial charge in [-0.1, -0.05) is 13.3 Å². The Hall–Kier alpha value is -0.130. The number of nitrogens with one attached hydrogen (secondary N) is 1. The van der Waals surface area contributed by atoms with Gasteiger partial charge in [0, 0.05) is 18.9 Å². The lowest BCUT2D eigenvalue weighted by atomic mass is 10.0. The normalized spacial score (nSPS) is 16.0. The van der Waals surface area contributed by atoms with Crippen LogP contribution in [0, 0.1) is 0 Å². The molecule has 0 aliphatic rings. The second-order valence-electron chi connectivity index (χ2n) is 4.10. The monoisotopic (exact) mass is 251 g/mol. The summed E-state index contributed by atoms with van der Waals surface area (Å²) in [5, 5.41) is 3.15. The maximum Gasteiger partial charge on any atom is 0.147 e. The highest BCUT2D eigenvalue weighted by molar-refractivity contribution is 7.90. The Morgan fingerprint density at radius 2 is 1.88 bits per heavy atom. The zero-order chi connectivity index (χ0) is 12.6. The lowest BCUT2D eigenvalue weighted by molar-refractivity contribution is 0.0293. The average Bonchev–Trinajstić information content (AvgIpc) is 2.17. The zero-order valence-corrected chi connectivity index (χ0v) is 11.6. The molecule has 1 N–H and O–H groups in total. The van der Waals surface area contributed by atoms with Crippen LogP contribution in [0.4, 0.5) is 0 Å². The molecule has 4 nitrogen and oxygen atoms in total. The molecule has 98 valence electrons. The fourth-order valence-corrected chi connectivity index (χ4v) is 2.44. The van der Waals surface area contributed by atoms with E-state index in [4.69, 9.17) is 4.74 Å². The average molecular weight is 251 g/mol. The number of sulfone groups is 1. The first-order valence-corrected chi connectivity index (χ1v) is 7.97. The van der Waals surface area contributed by atoms with E-state index in [-0.39, 0.29) is 17.9 Å². The molecular weight excluding hydrogens is 226 g/mol. The van der Waals surface area contributed by atoms with Gasteiger partial charge < -0.3 is 10.1 Å². The topological polar surface area (TPSA) is 55.4 Å². The van der Waals surface area contributed by atoms with Gasteiger partial charge in [0.05, 0.1) is 11.9 Å². The lowest BCUT2D eigenvalue weighted by Gasteiger charge is -2.26. The van der Waals surface area contributed by atoms with Gasteiger partial charge in [0.1, 0.15) is 9.84 Å². The van der Waals surface area contributed by atoms with E-state index in [9.17, 15) is 8.42 Å².